The van der Waals surface area contributed by atoms with Crippen LogP contribution in [0.5, 0.6) is 0 Å². The number of benzene rings is 1. The maximum Gasteiger partial charge on any atom is 0.227 e. The van der Waals surface area contributed by atoms with Crippen molar-refractivity contribution in [3.8, 4) is 11.3 Å². The number of amides is 1. The molecule has 3 heterocycles. The number of aromatic nitrogens is 2. The van der Waals surface area contributed by atoms with Crippen LogP contribution in [0.15, 0.2) is 36.4 Å². The molecule has 5 heteroatoms. The van der Waals surface area contributed by atoms with Crippen LogP contribution in [-0.2, 0) is 4.79 Å². The molecule has 26 heavy (non-hydrogen) atoms. The topological polar surface area (TPSA) is 49.3 Å². The summed E-state index contributed by atoms with van der Waals surface area (Å²) >= 11 is 0. The maximum atomic E-state index is 12.7. The number of anilines is 1. The van der Waals surface area contributed by atoms with Crippen molar-refractivity contribution in [2.24, 2.45) is 5.92 Å². The highest BCUT2D eigenvalue weighted by atomic mass is 16.2. The third kappa shape index (κ3) is 3.57. The van der Waals surface area contributed by atoms with Gasteiger partial charge in [0, 0.05) is 31.7 Å². The molecule has 0 spiro atoms. The van der Waals surface area contributed by atoms with Crippen molar-refractivity contribution in [1.82, 2.24) is 15.1 Å². The normalized spacial score (nSPS) is 20.4. The first-order chi connectivity index (χ1) is 12.7. The number of carbonyl (C=O) groups excluding carboxylic acids is 1. The fourth-order valence-corrected chi connectivity index (χ4v) is 3.95. The Bertz CT molecular complexity index is 751. The van der Waals surface area contributed by atoms with E-state index in [1.54, 1.807) is 0 Å². The quantitative estimate of drug-likeness (QED) is 0.852. The molecule has 2 fully saturated rings. The van der Waals surface area contributed by atoms with Crippen molar-refractivity contribution in [3.05, 3.63) is 42.0 Å². The van der Waals surface area contributed by atoms with Crippen molar-refractivity contribution >= 4 is 11.7 Å². The highest BCUT2D eigenvalue weighted by Crippen LogP contribution is 2.25. The molecule has 2 aliphatic heterocycles. The lowest BCUT2D eigenvalue weighted by Crippen LogP contribution is -2.44. The van der Waals surface area contributed by atoms with E-state index in [1.807, 2.05) is 17.0 Å². The van der Waals surface area contributed by atoms with Gasteiger partial charge in [-0.3, -0.25) is 4.79 Å². The zero-order chi connectivity index (χ0) is 17.9. The summed E-state index contributed by atoms with van der Waals surface area (Å²) in [5.74, 6) is 1.30. The molecule has 1 aromatic heterocycles. The Morgan fingerprint density at radius 3 is 2.42 bits per heavy atom. The van der Waals surface area contributed by atoms with Gasteiger partial charge in [-0.2, -0.15) is 0 Å². The number of nitrogens with zero attached hydrogens (tertiary/aromatic N) is 4. The van der Waals surface area contributed by atoms with Gasteiger partial charge in [0.2, 0.25) is 5.91 Å². The van der Waals surface area contributed by atoms with E-state index in [0.29, 0.717) is 5.91 Å². The first-order valence-electron chi connectivity index (χ1n) is 9.65. The molecule has 2 aliphatic rings. The summed E-state index contributed by atoms with van der Waals surface area (Å²) in [4.78, 5) is 17.0. The van der Waals surface area contributed by atoms with Gasteiger partial charge in [-0.1, -0.05) is 29.8 Å². The molecule has 2 aromatic rings. The minimum absolute atomic E-state index is 0.0976. The third-order valence-corrected chi connectivity index (χ3v) is 5.51. The number of hydrogen-bond donors (Lipinski definition) is 0. The lowest BCUT2D eigenvalue weighted by Gasteiger charge is -2.34. The number of hydrogen-bond acceptors (Lipinski definition) is 4. The fourth-order valence-electron chi connectivity index (χ4n) is 3.95. The molecule has 1 atom stereocenters. The molecule has 5 nitrogen and oxygen atoms in total. The van der Waals surface area contributed by atoms with E-state index in [-0.39, 0.29) is 5.92 Å². The Hall–Kier alpha value is -2.43. The van der Waals surface area contributed by atoms with Crippen LogP contribution in [-0.4, -0.2) is 47.2 Å². The second-order valence-corrected chi connectivity index (χ2v) is 7.46. The van der Waals surface area contributed by atoms with Gasteiger partial charge in [-0.15, -0.1) is 10.2 Å². The van der Waals surface area contributed by atoms with Gasteiger partial charge in [0.05, 0.1) is 11.6 Å². The molecule has 4 rings (SSSR count). The Balaban J connectivity index is 1.45. The standard InChI is InChI=1S/C21H26N4O/c1-16-6-8-17(9-7-16)19-10-11-20(23-22-19)25-14-4-5-18(15-25)21(26)24-12-2-3-13-24/h6-11,18H,2-5,12-15H2,1H3/t18-/m0/s1. The molecular weight excluding hydrogens is 324 g/mol. The minimum Gasteiger partial charge on any atom is -0.354 e. The average molecular weight is 350 g/mol. The zero-order valence-electron chi connectivity index (χ0n) is 15.4. The van der Waals surface area contributed by atoms with E-state index < -0.39 is 0 Å². The van der Waals surface area contributed by atoms with E-state index in [1.165, 1.54) is 5.56 Å². The lowest BCUT2D eigenvalue weighted by molar-refractivity contribution is -0.134. The fraction of sp³-hybridized carbons (Fsp3) is 0.476. The second kappa shape index (κ2) is 7.44. The minimum atomic E-state index is 0.0976. The van der Waals surface area contributed by atoms with Gasteiger partial charge in [0.1, 0.15) is 0 Å². The van der Waals surface area contributed by atoms with E-state index >= 15 is 0 Å². The largest absolute Gasteiger partial charge is 0.354 e. The third-order valence-electron chi connectivity index (χ3n) is 5.51. The number of rotatable bonds is 3. The van der Waals surface area contributed by atoms with Gasteiger partial charge >= 0.3 is 0 Å². The highest BCUT2D eigenvalue weighted by molar-refractivity contribution is 5.80. The SMILES string of the molecule is Cc1ccc(-c2ccc(N3CCC[C@H](C(=O)N4CCCC4)C3)nn2)cc1. The van der Waals surface area contributed by atoms with Crippen LogP contribution >= 0.6 is 0 Å². The van der Waals surface area contributed by atoms with E-state index in [4.69, 9.17) is 0 Å². The van der Waals surface area contributed by atoms with Gasteiger partial charge in [0.15, 0.2) is 5.82 Å². The predicted molar refractivity (Wildman–Crippen MR) is 103 cm³/mol. The van der Waals surface area contributed by atoms with E-state index in [0.717, 1.165) is 68.9 Å². The monoisotopic (exact) mass is 350 g/mol. The van der Waals surface area contributed by atoms with Crippen molar-refractivity contribution in [1.29, 1.82) is 0 Å². The van der Waals surface area contributed by atoms with Crippen LogP contribution in [0.3, 0.4) is 0 Å². The Morgan fingerprint density at radius 2 is 1.73 bits per heavy atom. The van der Waals surface area contributed by atoms with Gasteiger partial charge in [-0.05, 0) is 44.7 Å². The molecule has 136 valence electrons. The second-order valence-electron chi connectivity index (χ2n) is 7.46. The van der Waals surface area contributed by atoms with Crippen molar-refractivity contribution in [3.63, 3.8) is 0 Å². The summed E-state index contributed by atoms with van der Waals surface area (Å²) in [7, 11) is 0. The molecule has 0 bridgehead atoms. The van der Waals surface area contributed by atoms with Crippen LogP contribution in [0.4, 0.5) is 5.82 Å². The number of carbonyl (C=O) groups is 1. The Kier molecular flexibility index (Phi) is 4.87. The smallest absolute Gasteiger partial charge is 0.227 e. The first kappa shape index (κ1) is 17.0. The summed E-state index contributed by atoms with van der Waals surface area (Å²) in [5.41, 5.74) is 3.20. The molecule has 0 aliphatic carbocycles. The maximum absolute atomic E-state index is 12.7. The lowest BCUT2D eigenvalue weighted by atomic mass is 9.96. The molecule has 0 radical (unpaired) electrons. The summed E-state index contributed by atoms with van der Waals surface area (Å²) in [5, 5.41) is 8.86. The molecule has 0 N–H and O–H groups in total. The first-order valence-corrected chi connectivity index (χ1v) is 9.65. The number of aryl methyl sites for hydroxylation is 1. The Labute approximate surface area is 155 Å². The average Bonchev–Trinajstić information content (AvgIpc) is 3.23. The van der Waals surface area contributed by atoms with Crippen LogP contribution in [0.2, 0.25) is 0 Å². The van der Waals surface area contributed by atoms with E-state index in [9.17, 15) is 4.79 Å². The van der Waals surface area contributed by atoms with Gasteiger partial charge in [0.25, 0.3) is 0 Å². The summed E-state index contributed by atoms with van der Waals surface area (Å²) in [6, 6.07) is 12.4. The van der Waals surface area contributed by atoms with Gasteiger partial charge in [-0.25, -0.2) is 0 Å². The molecular formula is C21H26N4O. The van der Waals surface area contributed by atoms with Gasteiger partial charge < -0.3 is 9.80 Å². The van der Waals surface area contributed by atoms with Crippen LogP contribution in [0.25, 0.3) is 11.3 Å². The molecule has 1 aromatic carbocycles. The predicted octanol–water partition coefficient (Wildman–Crippen LogP) is 3.29. The number of likely N-dealkylation sites (tertiary alicyclic amines) is 1. The van der Waals surface area contributed by atoms with Crippen LogP contribution < -0.4 is 4.90 Å². The van der Waals surface area contributed by atoms with Crippen LogP contribution in [0, 0.1) is 12.8 Å². The molecule has 2 saturated heterocycles. The summed E-state index contributed by atoms with van der Waals surface area (Å²) in [6.07, 6.45) is 4.31. The number of piperidine rings is 1. The summed E-state index contributed by atoms with van der Waals surface area (Å²) in [6.45, 7) is 5.64. The van der Waals surface area contributed by atoms with E-state index in [2.05, 4.69) is 46.3 Å². The zero-order valence-corrected chi connectivity index (χ0v) is 15.4. The molecule has 0 unspecified atom stereocenters. The summed E-state index contributed by atoms with van der Waals surface area (Å²) < 4.78 is 0. The van der Waals surface area contributed by atoms with Crippen LogP contribution in [0.1, 0.15) is 31.2 Å². The Morgan fingerprint density at radius 1 is 0.962 bits per heavy atom. The molecule has 1 amide bonds. The van der Waals surface area contributed by atoms with Crippen molar-refractivity contribution in [2.45, 2.75) is 32.6 Å². The van der Waals surface area contributed by atoms with Crippen molar-refractivity contribution in [2.75, 3.05) is 31.1 Å². The van der Waals surface area contributed by atoms with Crippen molar-refractivity contribution < 1.29 is 4.79 Å². The highest BCUT2D eigenvalue weighted by Gasteiger charge is 2.31. The molecule has 0 saturated carbocycles.